The zero-order chi connectivity index (χ0) is 17.0. The summed E-state index contributed by atoms with van der Waals surface area (Å²) in [4.78, 5) is 34.3. The predicted octanol–water partition coefficient (Wildman–Crippen LogP) is 2.86. The van der Waals surface area contributed by atoms with Crippen LogP contribution in [0.2, 0.25) is 0 Å². The topological polar surface area (TPSA) is 101 Å². The summed E-state index contributed by atoms with van der Waals surface area (Å²) in [5, 5.41) is 18.0. The number of esters is 1. The zero-order valence-corrected chi connectivity index (χ0v) is 12.3. The molecular weight excluding hydrogens is 300 g/mol. The van der Waals surface area contributed by atoms with Crippen LogP contribution in [0, 0.1) is 0 Å². The Morgan fingerprint density at radius 3 is 2.17 bits per heavy atom. The first-order valence-electron chi connectivity index (χ1n) is 6.84. The molecule has 6 nitrogen and oxygen atoms in total. The molecule has 0 aromatic heterocycles. The standard InChI is InChI=1S/C17H14O6/c1-2-10-5-3-4-6-12(10)17(22)23-11-7-8-13(15(18)19)14(9-11)16(20)21/h3-9H,2H2,1H3,(H,18,19)(H,20,21). The van der Waals surface area contributed by atoms with Crippen LogP contribution in [0.5, 0.6) is 5.75 Å². The van der Waals surface area contributed by atoms with Crippen LogP contribution in [0.25, 0.3) is 0 Å². The highest BCUT2D eigenvalue weighted by atomic mass is 16.5. The van der Waals surface area contributed by atoms with Crippen molar-refractivity contribution in [3.8, 4) is 5.75 Å². The molecule has 0 saturated heterocycles. The first-order valence-corrected chi connectivity index (χ1v) is 6.84. The van der Waals surface area contributed by atoms with Crippen LogP contribution in [0.3, 0.4) is 0 Å². The molecule has 6 heteroatoms. The lowest BCUT2D eigenvalue weighted by Crippen LogP contribution is -2.13. The van der Waals surface area contributed by atoms with E-state index in [1.807, 2.05) is 6.92 Å². The van der Waals surface area contributed by atoms with E-state index < -0.39 is 23.5 Å². The number of hydrogen-bond acceptors (Lipinski definition) is 4. The smallest absolute Gasteiger partial charge is 0.343 e. The molecule has 0 aliphatic heterocycles. The van der Waals surface area contributed by atoms with Crippen molar-refractivity contribution in [2.75, 3.05) is 0 Å². The van der Waals surface area contributed by atoms with Gasteiger partial charge in [0, 0.05) is 0 Å². The SMILES string of the molecule is CCc1ccccc1C(=O)Oc1ccc(C(=O)O)c(C(=O)O)c1. The summed E-state index contributed by atoms with van der Waals surface area (Å²) in [6, 6.07) is 10.3. The lowest BCUT2D eigenvalue weighted by molar-refractivity contribution is 0.0650. The minimum Gasteiger partial charge on any atom is -0.478 e. The number of aryl methyl sites for hydroxylation is 1. The summed E-state index contributed by atoms with van der Waals surface area (Å²) in [5.41, 5.74) is 0.380. The van der Waals surface area contributed by atoms with Gasteiger partial charge in [0.2, 0.25) is 0 Å². The highest BCUT2D eigenvalue weighted by molar-refractivity contribution is 6.02. The molecule has 0 radical (unpaired) electrons. The summed E-state index contributed by atoms with van der Waals surface area (Å²) < 4.78 is 5.17. The average molecular weight is 314 g/mol. The summed E-state index contributed by atoms with van der Waals surface area (Å²) in [6.45, 7) is 1.90. The number of carbonyl (C=O) groups excluding carboxylic acids is 1. The third kappa shape index (κ3) is 3.55. The van der Waals surface area contributed by atoms with E-state index >= 15 is 0 Å². The molecule has 0 fully saturated rings. The van der Waals surface area contributed by atoms with Crippen molar-refractivity contribution in [1.82, 2.24) is 0 Å². The van der Waals surface area contributed by atoms with Crippen LogP contribution in [-0.4, -0.2) is 28.1 Å². The average Bonchev–Trinajstić information content (AvgIpc) is 2.54. The molecular formula is C17H14O6. The Bertz CT molecular complexity index is 778. The van der Waals surface area contributed by atoms with Gasteiger partial charge in [-0.05, 0) is 36.2 Å². The summed E-state index contributed by atoms with van der Waals surface area (Å²) in [6.07, 6.45) is 0.642. The highest BCUT2D eigenvalue weighted by Gasteiger charge is 2.19. The first-order chi connectivity index (χ1) is 10.9. The van der Waals surface area contributed by atoms with E-state index in [0.29, 0.717) is 12.0 Å². The molecule has 0 amide bonds. The van der Waals surface area contributed by atoms with Gasteiger partial charge in [-0.3, -0.25) is 0 Å². The predicted molar refractivity (Wildman–Crippen MR) is 81.1 cm³/mol. The van der Waals surface area contributed by atoms with E-state index in [-0.39, 0.29) is 11.3 Å². The third-order valence-corrected chi connectivity index (χ3v) is 3.28. The number of carboxylic acids is 2. The van der Waals surface area contributed by atoms with Gasteiger partial charge in [0.1, 0.15) is 5.75 Å². The van der Waals surface area contributed by atoms with Crippen LogP contribution in [0.4, 0.5) is 0 Å². The van der Waals surface area contributed by atoms with Crippen molar-refractivity contribution in [1.29, 1.82) is 0 Å². The Labute approximate surface area is 131 Å². The second kappa shape index (κ2) is 6.74. The monoisotopic (exact) mass is 314 g/mol. The van der Waals surface area contributed by atoms with E-state index in [1.165, 1.54) is 6.07 Å². The Hall–Kier alpha value is -3.15. The van der Waals surface area contributed by atoms with Crippen LogP contribution in [0.15, 0.2) is 42.5 Å². The minimum absolute atomic E-state index is 0.0247. The number of carbonyl (C=O) groups is 3. The maximum atomic E-state index is 12.2. The fraction of sp³-hybridized carbons (Fsp3) is 0.118. The Morgan fingerprint density at radius 1 is 0.913 bits per heavy atom. The van der Waals surface area contributed by atoms with Crippen LogP contribution in [0.1, 0.15) is 43.6 Å². The van der Waals surface area contributed by atoms with Gasteiger partial charge in [-0.2, -0.15) is 0 Å². The lowest BCUT2D eigenvalue weighted by Gasteiger charge is -2.09. The largest absolute Gasteiger partial charge is 0.478 e. The molecule has 118 valence electrons. The molecule has 0 unspecified atom stereocenters. The number of aromatic carboxylic acids is 2. The number of hydrogen-bond donors (Lipinski definition) is 2. The molecule has 0 spiro atoms. The Morgan fingerprint density at radius 2 is 1.57 bits per heavy atom. The molecule has 0 saturated carbocycles. The molecule has 0 aliphatic carbocycles. The normalized spacial score (nSPS) is 10.1. The van der Waals surface area contributed by atoms with Crippen molar-refractivity contribution >= 4 is 17.9 Å². The van der Waals surface area contributed by atoms with Crippen molar-refractivity contribution in [3.05, 3.63) is 64.7 Å². The van der Waals surface area contributed by atoms with Gasteiger partial charge in [-0.15, -0.1) is 0 Å². The van der Waals surface area contributed by atoms with Crippen molar-refractivity contribution in [3.63, 3.8) is 0 Å². The van der Waals surface area contributed by atoms with E-state index in [4.69, 9.17) is 14.9 Å². The summed E-state index contributed by atoms with van der Waals surface area (Å²) >= 11 is 0. The Kier molecular flexibility index (Phi) is 4.75. The molecule has 23 heavy (non-hydrogen) atoms. The van der Waals surface area contributed by atoms with Crippen molar-refractivity contribution in [2.24, 2.45) is 0 Å². The quantitative estimate of drug-likeness (QED) is 0.650. The van der Waals surface area contributed by atoms with E-state index in [0.717, 1.165) is 17.7 Å². The summed E-state index contributed by atoms with van der Waals surface area (Å²) in [7, 11) is 0. The van der Waals surface area contributed by atoms with Crippen molar-refractivity contribution < 1.29 is 29.3 Å². The van der Waals surface area contributed by atoms with Crippen LogP contribution in [-0.2, 0) is 6.42 Å². The lowest BCUT2D eigenvalue weighted by atomic mass is 10.1. The number of ether oxygens (including phenoxy) is 1. The van der Waals surface area contributed by atoms with Crippen LogP contribution < -0.4 is 4.74 Å². The van der Waals surface area contributed by atoms with Gasteiger partial charge in [-0.25, -0.2) is 14.4 Å². The fourth-order valence-corrected chi connectivity index (χ4v) is 2.14. The van der Waals surface area contributed by atoms with E-state index in [2.05, 4.69) is 0 Å². The molecule has 2 aromatic rings. The highest BCUT2D eigenvalue weighted by Crippen LogP contribution is 2.20. The number of carboxylic acid groups (broad SMARTS) is 2. The maximum absolute atomic E-state index is 12.2. The van der Waals surface area contributed by atoms with Crippen LogP contribution >= 0.6 is 0 Å². The molecule has 0 heterocycles. The molecule has 0 bridgehead atoms. The molecule has 0 atom stereocenters. The van der Waals surface area contributed by atoms with E-state index in [9.17, 15) is 14.4 Å². The van der Waals surface area contributed by atoms with Gasteiger partial charge in [0.15, 0.2) is 0 Å². The number of rotatable bonds is 5. The van der Waals surface area contributed by atoms with E-state index in [1.54, 1.807) is 24.3 Å². The summed E-state index contributed by atoms with van der Waals surface area (Å²) in [5.74, 6) is -3.42. The minimum atomic E-state index is -1.41. The van der Waals surface area contributed by atoms with Gasteiger partial charge in [-0.1, -0.05) is 25.1 Å². The Balaban J connectivity index is 2.33. The van der Waals surface area contributed by atoms with Gasteiger partial charge in [0.05, 0.1) is 16.7 Å². The molecule has 2 aromatic carbocycles. The van der Waals surface area contributed by atoms with Crippen molar-refractivity contribution in [2.45, 2.75) is 13.3 Å². The number of benzene rings is 2. The third-order valence-electron chi connectivity index (χ3n) is 3.28. The fourth-order valence-electron chi connectivity index (χ4n) is 2.14. The second-order valence-electron chi connectivity index (χ2n) is 4.72. The molecule has 2 N–H and O–H groups in total. The van der Waals surface area contributed by atoms with Gasteiger partial charge in [0.25, 0.3) is 0 Å². The zero-order valence-electron chi connectivity index (χ0n) is 12.3. The molecule has 0 aliphatic rings. The molecule has 2 rings (SSSR count). The maximum Gasteiger partial charge on any atom is 0.343 e. The first kappa shape index (κ1) is 16.2. The second-order valence-corrected chi connectivity index (χ2v) is 4.72. The van der Waals surface area contributed by atoms with Gasteiger partial charge < -0.3 is 14.9 Å². The van der Waals surface area contributed by atoms with Gasteiger partial charge >= 0.3 is 17.9 Å².